The summed E-state index contributed by atoms with van der Waals surface area (Å²) in [7, 11) is -8.21. The van der Waals surface area contributed by atoms with Crippen LogP contribution in [0.25, 0.3) is 0 Å². The summed E-state index contributed by atoms with van der Waals surface area (Å²) in [6.45, 7) is 0. The molecule has 0 heterocycles. The van der Waals surface area contributed by atoms with Crippen LogP contribution in [0.15, 0.2) is 46.2 Å². The zero-order chi connectivity index (χ0) is 19.0. The molecule has 2 aromatic carbocycles. The van der Waals surface area contributed by atoms with E-state index in [0.29, 0.717) is 0 Å². The fourth-order valence-electron chi connectivity index (χ4n) is 1.74. The van der Waals surface area contributed by atoms with Crippen molar-refractivity contribution < 1.29 is 25.9 Å². The maximum atomic E-state index is 12.4. The van der Waals surface area contributed by atoms with E-state index in [0.717, 1.165) is 42.7 Å². The highest BCUT2D eigenvalue weighted by molar-refractivity contribution is 7.90. The first kappa shape index (κ1) is 19.4. The molecule has 0 bridgehead atoms. The molecule has 0 aromatic heterocycles. The summed E-state index contributed by atoms with van der Waals surface area (Å²) >= 11 is 11.6. The van der Waals surface area contributed by atoms with Crippen LogP contribution in [-0.4, -0.2) is 28.0 Å². The molecule has 2 rings (SSSR count). The van der Waals surface area contributed by atoms with Gasteiger partial charge in [-0.05, 0) is 24.3 Å². The Bertz CT molecular complexity index is 1070. The highest BCUT2D eigenvalue weighted by Crippen LogP contribution is 2.33. The van der Waals surface area contributed by atoms with Crippen molar-refractivity contribution in [3.63, 3.8) is 0 Å². The van der Waals surface area contributed by atoms with E-state index in [1.54, 1.807) is 0 Å². The van der Waals surface area contributed by atoms with Crippen molar-refractivity contribution in [3.8, 4) is 5.75 Å². The first-order valence-corrected chi connectivity index (χ1v) is 10.4. The molecule has 0 spiro atoms. The number of non-ortho nitro benzene ring substituents is 1. The van der Waals surface area contributed by atoms with Crippen LogP contribution in [0.4, 0.5) is 5.69 Å². The first-order valence-electron chi connectivity index (χ1n) is 6.30. The second kappa shape index (κ2) is 6.79. The van der Waals surface area contributed by atoms with Gasteiger partial charge in [0.05, 0.1) is 19.9 Å². The molecule has 0 aliphatic carbocycles. The van der Waals surface area contributed by atoms with Crippen LogP contribution in [-0.2, 0) is 20.0 Å². The lowest BCUT2D eigenvalue weighted by molar-refractivity contribution is -0.384. The second-order valence-electron chi connectivity index (χ2n) is 4.77. The Labute approximate surface area is 153 Å². The number of benzene rings is 2. The quantitative estimate of drug-likeness (QED) is 0.409. The zero-order valence-corrected chi connectivity index (χ0v) is 15.5. The van der Waals surface area contributed by atoms with Crippen molar-refractivity contribution in [1.29, 1.82) is 0 Å². The van der Waals surface area contributed by atoms with Crippen LogP contribution in [0.2, 0.25) is 10.0 Å². The largest absolute Gasteiger partial charge is 0.377 e. The van der Waals surface area contributed by atoms with Crippen molar-refractivity contribution in [3.05, 3.63) is 56.6 Å². The van der Waals surface area contributed by atoms with E-state index in [9.17, 15) is 26.9 Å². The van der Waals surface area contributed by atoms with E-state index >= 15 is 0 Å². The molecule has 0 unspecified atom stereocenters. The molecule has 8 nitrogen and oxygen atoms in total. The molecule has 0 N–H and O–H groups in total. The summed E-state index contributed by atoms with van der Waals surface area (Å²) in [5, 5.41) is 10.1. The molecule has 12 heteroatoms. The highest BCUT2D eigenvalue weighted by Gasteiger charge is 2.24. The Hall–Kier alpha value is -1.88. The summed E-state index contributed by atoms with van der Waals surface area (Å²) in [5.74, 6) is -0.368. The molecule has 0 fully saturated rings. The first-order chi connectivity index (χ1) is 11.4. The molecule has 0 saturated carbocycles. The molecular formula is C13H9Cl2NO7S2. The molecule has 0 amide bonds. The molecule has 0 aliphatic rings. The molecule has 2 aromatic rings. The highest BCUT2D eigenvalue weighted by atomic mass is 35.5. The van der Waals surface area contributed by atoms with Gasteiger partial charge in [0.2, 0.25) is 0 Å². The number of nitro benzene ring substituents is 1. The monoisotopic (exact) mass is 425 g/mol. The third-order valence-corrected chi connectivity index (χ3v) is 6.05. The van der Waals surface area contributed by atoms with Crippen molar-refractivity contribution in [2.75, 3.05) is 6.26 Å². The average molecular weight is 426 g/mol. The molecule has 134 valence electrons. The minimum absolute atomic E-state index is 0.259. The minimum Gasteiger partial charge on any atom is -0.377 e. The van der Waals surface area contributed by atoms with E-state index in [4.69, 9.17) is 27.4 Å². The summed E-state index contributed by atoms with van der Waals surface area (Å²) in [5.41, 5.74) is -0.355. The van der Waals surface area contributed by atoms with E-state index in [2.05, 4.69) is 0 Å². The van der Waals surface area contributed by atoms with Crippen LogP contribution < -0.4 is 4.18 Å². The van der Waals surface area contributed by atoms with Gasteiger partial charge >= 0.3 is 10.1 Å². The maximum absolute atomic E-state index is 12.4. The molecule has 25 heavy (non-hydrogen) atoms. The lowest BCUT2D eigenvalue weighted by Gasteiger charge is -2.10. The van der Waals surface area contributed by atoms with E-state index in [1.165, 1.54) is 0 Å². The molecular weight excluding hydrogens is 417 g/mol. The summed E-state index contributed by atoms with van der Waals surface area (Å²) in [6, 6.07) is 6.03. The van der Waals surface area contributed by atoms with Crippen molar-refractivity contribution in [2.45, 2.75) is 9.79 Å². The van der Waals surface area contributed by atoms with Crippen LogP contribution in [0.3, 0.4) is 0 Å². The van der Waals surface area contributed by atoms with E-state index in [1.807, 2.05) is 0 Å². The van der Waals surface area contributed by atoms with Gasteiger partial charge in [-0.15, -0.1) is 0 Å². The Morgan fingerprint density at radius 1 is 1.00 bits per heavy atom. The maximum Gasteiger partial charge on any atom is 0.340 e. The number of nitro groups is 1. The zero-order valence-electron chi connectivity index (χ0n) is 12.3. The Kier molecular flexibility index (Phi) is 5.28. The smallest absolute Gasteiger partial charge is 0.340 e. The lowest BCUT2D eigenvalue weighted by atomic mass is 10.3. The van der Waals surface area contributed by atoms with Gasteiger partial charge in [0.1, 0.15) is 4.90 Å². The fourth-order valence-corrected chi connectivity index (χ4v) is 4.17. The van der Waals surface area contributed by atoms with Gasteiger partial charge in [-0.25, -0.2) is 8.42 Å². The van der Waals surface area contributed by atoms with E-state index in [-0.39, 0.29) is 26.4 Å². The van der Waals surface area contributed by atoms with Gasteiger partial charge in [0.25, 0.3) is 5.69 Å². The number of halogens is 2. The van der Waals surface area contributed by atoms with Crippen molar-refractivity contribution in [2.24, 2.45) is 0 Å². The molecule has 0 saturated heterocycles. The summed E-state index contributed by atoms with van der Waals surface area (Å²) in [4.78, 5) is 9.10. The Balaban J connectivity index is 2.49. The number of hydrogen-bond donors (Lipinski definition) is 0. The van der Waals surface area contributed by atoms with Crippen LogP contribution in [0, 0.1) is 10.1 Å². The lowest BCUT2D eigenvalue weighted by Crippen LogP contribution is -2.12. The van der Waals surface area contributed by atoms with Gasteiger partial charge in [0.15, 0.2) is 15.6 Å². The normalized spacial score (nSPS) is 12.0. The van der Waals surface area contributed by atoms with Gasteiger partial charge in [-0.3, -0.25) is 10.1 Å². The van der Waals surface area contributed by atoms with Crippen LogP contribution in [0.5, 0.6) is 5.75 Å². The predicted molar refractivity (Wildman–Crippen MR) is 90.5 cm³/mol. The third kappa shape index (κ3) is 4.40. The topological polar surface area (TPSA) is 121 Å². The molecule has 0 aliphatic heterocycles. The molecule has 0 atom stereocenters. The number of nitrogens with zero attached hydrogens (tertiary/aromatic N) is 1. The van der Waals surface area contributed by atoms with Gasteiger partial charge in [0, 0.05) is 18.4 Å². The SMILES string of the molecule is CS(=O)(=O)c1ccc(Cl)c(S(=O)(=O)Oc2ccc([N+](=O)[O-])cc2Cl)c1. The van der Waals surface area contributed by atoms with E-state index < -0.39 is 29.8 Å². The average Bonchev–Trinajstić information content (AvgIpc) is 2.48. The van der Waals surface area contributed by atoms with Crippen LogP contribution in [0.1, 0.15) is 0 Å². The van der Waals surface area contributed by atoms with Gasteiger partial charge in [-0.2, -0.15) is 8.42 Å². The fraction of sp³-hybridized carbons (Fsp3) is 0.0769. The number of hydrogen-bond acceptors (Lipinski definition) is 7. The van der Waals surface area contributed by atoms with Crippen molar-refractivity contribution in [1.82, 2.24) is 0 Å². The van der Waals surface area contributed by atoms with Crippen molar-refractivity contribution >= 4 is 48.8 Å². The van der Waals surface area contributed by atoms with Gasteiger partial charge < -0.3 is 4.18 Å². The number of rotatable bonds is 5. The number of sulfone groups is 1. The summed E-state index contributed by atoms with van der Waals surface area (Å²) < 4.78 is 52.7. The Morgan fingerprint density at radius 3 is 2.16 bits per heavy atom. The standard InChI is InChI=1S/C13H9Cl2NO7S2/c1-24(19,20)9-3-4-10(14)13(7-9)25(21,22)23-12-5-2-8(16(17)18)6-11(12)15/h2-7H,1H3. The molecule has 0 radical (unpaired) electrons. The minimum atomic E-state index is -4.53. The van der Waals surface area contributed by atoms with Gasteiger partial charge in [-0.1, -0.05) is 23.2 Å². The van der Waals surface area contributed by atoms with Crippen LogP contribution >= 0.6 is 23.2 Å². The third-order valence-electron chi connectivity index (χ3n) is 2.93. The Morgan fingerprint density at radius 2 is 1.64 bits per heavy atom. The second-order valence-corrected chi connectivity index (χ2v) is 9.12. The summed E-state index contributed by atoms with van der Waals surface area (Å²) in [6.07, 6.45) is 0.903. The predicted octanol–water partition coefficient (Wildman–Crippen LogP) is 3.07.